The fourth-order valence-corrected chi connectivity index (χ4v) is 3.12. The number of aliphatic carboxylic acids is 2. The summed E-state index contributed by atoms with van der Waals surface area (Å²) in [7, 11) is 0. The summed E-state index contributed by atoms with van der Waals surface area (Å²) < 4.78 is 0. The van der Waals surface area contributed by atoms with Crippen LogP contribution in [0.5, 0.6) is 0 Å². The highest BCUT2D eigenvalue weighted by atomic mass is 16.4. The van der Waals surface area contributed by atoms with Gasteiger partial charge in [-0.05, 0) is 18.8 Å². The molecule has 174 valence electrons. The Morgan fingerprint density at radius 1 is 1.00 bits per heavy atom. The highest BCUT2D eigenvalue weighted by Gasteiger charge is 2.39. The molecule has 0 saturated carbocycles. The van der Waals surface area contributed by atoms with Crippen LogP contribution in [0.15, 0.2) is 0 Å². The quantitative estimate of drug-likeness (QED) is 0.196. The third-order valence-electron chi connectivity index (χ3n) is 4.87. The lowest BCUT2D eigenvalue weighted by atomic mass is 10.0. The second-order valence-corrected chi connectivity index (χ2v) is 7.69. The Balaban J connectivity index is 3.03. The van der Waals surface area contributed by atoms with Crippen LogP contribution in [-0.2, 0) is 28.8 Å². The number of hydrogen-bond donors (Lipinski definition) is 6. The molecule has 1 aliphatic rings. The molecular weight excluding hydrogens is 414 g/mol. The van der Waals surface area contributed by atoms with Crippen molar-refractivity contribution in [3.05, 3.63) is 0 Å². The van der Waals surface area contributed by atoms with Crippen molar-refractivity contribution in [3.8, 4) is 0 Å². The number of carboxylic acid groups (broad SMARTS) is 2. The van der Waals surface area contributed by atoms with Crippen LogP contribution < -0.4 is 22.1 Å². The van der Waals surface area contributed by atoms with Gasteiger partial charge < -0.3 is 37.2 Å². The van der Waals surface area contributed by atoms with Crippen LogP contribution in [0.2, 0.25) is 0 Å². The third-order valence-corrected chi connectivity index (χ3v) is 4.87. The molecule has 0 aromatic heterocycles. The number of likely N-dealkylation sites (tertiary alicyclic amines) is 1. The van der Waals surface area contributed by atoms with Crippen LogP contribution in [0, 0.1) is 5.92 Å². The van der Waals surface area contributed by atoms with Crippen molar-refractivity contribution >= 4 is 35.6 Å². The summed E-state index contributed by atoms with van der Waals surface area (Å²) >= 11 is 0. The molecule has 0 aromatic carbocycles. The number of carbonyl (C=O) groups excluding carboxylic acids is 4. The summed E-state index contributed by atoms with van der Waals surface area (Å²) in [4.78, 5) is 72.6. The Kier molecular flexibility index (Phi) is 9.37. The van der Waals surface area contributed by atoms with Crippen molar-refractivity contribution in [2.45, 2.75) is 63.7 Å². The first-order valence-corrected chi connectivity index (χ1v) is 9.74. The van der Waals surface area contributed by atoms with Gasteiger partial charge in [0.1, 0.15) is 18.1 Å². The Morgan fingerprint density at radius 2 is 1.58 bits per heavy atom. The Labute approximate surface area is 178 Å². The Hall–Kier alpha value is -3.22. The van der Waals surface area contributed by atoms with E-state index in [4.69, 9.17) is 16.6 Å². The van der Waals surface area contributed by atoms with E-state index in [1.54, 1.807) is 13.8 Å². The summed E-state index contributed by atoms with van der Waals surface area (Å²) in [5.41, 5.74) is 10.9. The molecule has 8 N–H and O–H groups in total. The highest BCUT2D eigenvalue weighted by Crippen LogP contribution is 2.19. The van der Waals surface area contributed by atoms with E-state index in [1.165, 1.54) is 0 Å². The molecule has 1 fully saturated rings. The zero-order valence-electron chi connectivity index (χ0n) is 17.4. The molecule has 1 heterocycles. The Morgan fingerprint density at radius 3 is 2.06 bits per heavy atom. The van der Waals surface area contributed by atoms with E-state index in [-0.39, 0.29) is 18.9 Å². The molecule has 4 unspecified atom stereocenters. The summed E-state index contributed by atoms with van der Waals surface area (Å²) in [6.45, 7) is 3.43. The van der Waals surface area contributed by atoms with Gasteiger partial charge in [0, 0.05) is 6.54 Å². The van der Waals surface area contributed by atoms with Crippen LogP contribution in [0.4, 0.5) is 0 Å². The number of primary amides is 1. The van der Waals surface area contributed by atoms with Gasteiger partial charge in [0.15, 0.2) is 0 Å². The zero-order chi connectivity index (χ0) is 23.9. The molecule has 4 amide bonds. The van der Waals surface area contributed by atoms with E-state index in [9.17, 15) is 33.9 Å². The molecule has 1 saturated heterocycles. The lowest BCUT2D eigenvalue weighted by Gasteiger charge is -2.28. The van der Waals surface area contributed by atoms with Crippen molar-refractivity contribution in [3.63, 3.8) is 0 Å². The van der Waals surface area contributed by atoms with Gasteiger partial charge in [-0.15, -0.1) is 0 Å². The summed E-state index contributed by atoms with van der Waals surface area (Å²) in [5.74, 6) is -6.50. The second-order valence-electron chi connectivity index (χ2n) is 7.69. The largest absolute Gasteiger partial charge is 0.481 e. The molecule has 0 radical (unpaired) electrons. The monoisotopic (exact) mass is 443 g/mol. The normalized spacial score (nSPS) is 18.7. The first-order chi connectivity index (χ1) is 14.3. The van der Waals surface area contributed by atoms with Crippen molar-refractivity contribution in [1.29, 1.82) is 0 Å². The summed E-state index contributed by atoms with van der Waals surface area (Å²) in [6.07, 6.45) is -0.804. The molecule has 4 atom stereocenters. The van der Waals surface area contributed by atoms with Gasteiger partial charge in [0.25, 0.3) is 0 Å². The minimum atomic E-state index is -1.58. The molecule has 1 rings (SSSR count). The fourth-order valence-electron chi connectivity index (χ4n) is 3.12. The van der Waals surface area contributed by atoms with Crippen molar-refractivity contribution in [1.82, 2.24) is 15.5 Å². The number of nitrogens with two attached hydrogens (primary N) is 2. The van der Waals surface area contributed by atoms with Crippen molar-refractivity contribution < 1.29 is 39.0 Å². The standard InChI is InChI=1S/C18H29N5O8/c1-8(2)14(20)16(28)21-9(7-13(25)26)15(27)22-10(6-12(19)24)17(29)23-5-3-4-11(23)18(30)31/h8-11,14H,3-7,20H2,1-2H3,(H2,19,24)(H,21,28)(H,22,27)(H,25,26)(H,30,31). The number of carboxylic acids is 2. The number of carbonyl (C=O) groups is 6. The minimum Gasteiger partial charge on any atom is -0.481 e. The molecule has 0 aliphatic carbocycles. The van der Waals surface area contributed by atoms with Crippen LogP contribution in [-0.4, -0.2) is 81.4 Å². The average molecular weight is 443 g/mol. The van der Waals surface area contributed by atoms with E-state index >= 15 is 0 Å². The lowest BCUT2D eigenvalue weighted by Crippen LogP contribution is -2.58. The number of hydrogen-bond acceptors (Lipinski definition) is 7. The SMILES string of the molecule is CC(C)C(N)C(=O)NC(CC(=O)O)C(=O)NC(CC(N)=O)C(=O)N1CCCC1C(=O)O. The van der Waals surface area contributed by atoms with Crippen molar-refractivity contribution in [2.24, 2.45) is 17.4 Å². The maximum Gasteiger partial charge on any atom is 0.326 e. The molecule has 13 heteroatoms. The van der Waals surface area contributed by atoms with Gasteiger partial charge in [0.05, 0.1) is 18.9 Å². The van der Waals surface area contributed by atoms with Gasteiger partial charge in [-0.1, -0.05) is 13.8 Å². The molecular formula is C18H29N5O8. The first-order valence-electron chi connectivity index (χ1n) is 9.74. The lowest BCUT2D eigenvalue weighted by molar-refractivity contribution is -0.150. The molecule has 1 aliphatic heterocycles. The molecule has 0 spiro atoms. The molecule has 13 nitrogen and oxygen atoms in total. The zero-order valence-corrected chi connectivity index (χ0v) is 17.4. The van der Waals surface area contributed by atoms with Gasteiger partial charge in [-0.25, -0.2) is 4.79 Å². The Bertz CT molecular complexity index is 740. The number of nitrogens with zero attached hydrogens (tertiary/aromatic N) is 1. The molecule has 0 aromatic rings. The average Bonchev–Trinajstić information content (AvgIpc) is 3.14. The van der Waals surface area contributed by atoms with E-state index in [0.29, 0.717) is 6.42 Å². The smallest absolute Gasteiger partial charge is 0.326 e. The number of rotatable bonds is 11. The van der Waals surface area contributed by atoms with Gasteiger partial charge in [0.2, 0.25) is 23.6 Å². The summed E-state index contributed by atoms with van der Waals surface area (Å²) in [6, 6.07) is -5.21. The predicted octanol–water partition coefficient (Wildman–Crippen LogP) is -2.63. The summed E-state index contributed by atoms with van der Waals surface area (Å²) in [5, 5.41) is 22.8. The van der Waals surface area contributed by atoms with E-state index in [2.05, 4.69) is 10.6 Å². The van der Waals surface area contributed by atoms with Crippen LogP contribution in [0.25, 0.3) is 0 Å². The first kappa shape index (κ1) is 25.8. The minimum absolute atomic E-state index is 0.111. The maximum absolute atomic E-state index is 12.8. The van der Waals surface area contributed by atoms with E-state index < -0.39 is 72.6 Å². The fraction of sp³-hybridized carbons (Fsp3) is 0.667. The van der Waals surface area contributed by atoms with Crippen molar-refractivity contribution in [2.75, 3.05) is 6.54 Å². The molecule has 0 bridgehead atoms. The second kappa shape index (κ2) is 11.2. The van der Waals surface area contributed by atoms with E-state index in [0.717, 1.165) is 4.90 Å². The van der Waals surface area contributed by atoms with Gasteiger partial charge >= 0.3 is 11.9 Å². The predicted molar refractivity (Wildman–Crippen MR) is 105 cm³/mol. The maximum atomic E-state index is 12.8. The third kappa shape index (κ3) is 7.51. The number of amides is 4. The van der Waals surface area contributed by atoms with Crippen LogP contribution in [0.1, 0.15) is 39.5 Å². The van der Waals surface area contributed by atoms with Crippen LogP contribution >= 0.6 is 0 Å². The molecule has 31 heavy (non-hydrogen) atoms. The van der Waals surface area contributed by atoms with Gasteiger partial charge in [-0.2, -0.15) is 0 Å². The van der Waals surface area contributed by atoms with Crippen LogP contribution in [0.3, 0.4) is 0 Å². The highest BCUT2D eigenvalue weighted by molar-refractivity contribution is 5.97. The topological polar surface area (TPSA) is 222 Å². The van der Waals surface area contributed by atoms with Gasteiger partial charge in [-0.3, -0.25) is 24.0 Å². The number of nitrogens with one attached hydrogen (secondary N) is 2. The van der Waals surface area contributed by atoms with E-state index in [1.807, 2.05) is 0 Å².